The van der Waals surface area contributed by atoms with Gasteiger partial charge in [-0.2, -0.15) is 5.10 Å². The predicted octanol–water partition coefficient (Wildman–Crippen LogP) is 3.38. The Balaban J connectivity index is 1.40. The zero-order valence-corrected chi connectivity index (χ0v) is 11.9. The van der Waals surface area contributed by atoms with Crippen molar-refractivity contribution in [1.82, 2.24) is 15.1 Å². The van der Waals surface area contributed by atoms with Crippen molar-refractivity contribution >= 4 is 0 Å². The first kappa shape index (κ1) is 13.8. The number of benzene rings is 1. The Morgan fingerprint density at radius 1 is 1.36 bits per heavy atom. The van der Waals surface area contributed by atoms with Gasteiger partial charge in [0.15, 0.2) is 0 Å². The van der Waals surface area contributed by atoms with Gasteiger partial charge in [-0.15, -0.1) is 0 Å². The summed E-state index contributed by atoms with van der Waals surface area (Å²) in [5, 5.41) is 7.43. The van der Waals surface area contributed by atoms with Gasteiger partial charge in [-0.1, -0.05) is 6.07 Å². The van der Waals surface area contributed by atoms with Crippen LogP contribution < -0.4 is 5.32 Å². The van der Waals surface area contributed by atoms with Crippen LogP contribution in [-0.4, -0.2) is 15.7 Å². The van der Waals surface area contributed by atoms with Crippen LogP contribution in [0.4, 0.5) is 13.2 Å². The van der Waals surface area contributed by atoms with Gasteiger partial charge in [0.05, 0.1) is 6.20 Å². The average Bonchev–Trinajstić information content (AvgIpc) is 2.85. The Bertz CT molecular complexity index is 710. The number of hydrogen-bond donors (Lipinski definition) is 1. The minimum absolute atomic E-state index is 0.122. The van der Waals surface area contributed by atoms with E-state index in [1.165, 1.54) is 10.7 Å². The first-order valence-corrected chi connectivity index (χ1v) is 7.45. The van der Waals surface area contributed by atoms with Crippen molar-refractivity contribution < 1.29 is 13.2 Å². The van der Waals surface area contributed by atoms with E-state index in [0.29, 0.717) is 6.54 Å². The molecule has 0 bridgehead atoms. The van der Waals surface area contributed by atoms with E-state index in [1.807, 2.05) is 6.07 Å². The third-order valence-electron chi connectivity index (χ3n) is 4.50. The van der Waals surface area contributed by atoms with Crippen molar-refractivity contribution in [3.05, 3.63) is 53.1 Å². The largest absolute Gasteiger partial charge is 0.306 e. The van der Waals surface area contributed by atoms with E-state index in [9.17, 15) is 13.2 Å². The highest BCUT2D eigenvalue weighted by Gasteiger charge is 2.59. The lowest BCUT2D eigenvalue weighted by molar-refractivity contribution is 0.0983. The fraction of sp³-hybridized carbons (Fsp3) is 0.438. The fourth-order valence-corrected chi connectivity index (χ4v) is 3.16. The fourth-order valence-electron chi connectivity index (χ4n) is 3.16. The lowest BCUT2D eigenvalue weighted by Crippen LogP contribution is -2.18. The van der Waals surface area contributed by atoms with Crippen molar-refractivity contribution in [2.24, 2.45) is 0 Å². The number of aryl methyl sites for hydroxylation is 1. The van der Waals surface area contributed by atoms with Crippen LogP contribution in [0.5, 0.6) is 0 Å². The van der Waals surface area contributed by atoms with Gasteiger partial charge in [-0.3, -0.25) is 4.68 Å². The molecular weight excluding hydrogens is 291 g/mol. The van der Waals surface area contributed by atoms with E-state index in [4.69, 9.17) is 0 Å². The minimum Gasteiger partial charge on any atom is -0.306 e. The summed E-state index contributed by atoms with van der Waals surface area (Å²) in [5.41, 5.74) is 3.06. The van der Waals surface area contributed by atoms with Crippen LogP contribution in [0.15, 0.2) is 30.6 Å². The molecule has 2 unspecified atom stereocenters. The quantitative estimate of drug-likeness (QED) is 0.938. The molecule has 0 radical (unpaired) electrons. The first-order valence-electron chi connectivity index (χ1n) is 7.45. The van der Waals surface area contributed by atoms with E-state index in [-0.39, 0.29) is 18.3 Å². The smallest absolute Gasteiger partial charge is 0.272 e. The standard InChI is InChI=1S/C16H16F3N3/c17-12-2-3-13-11(5-12)1-4-14(13)20-7-10-8-21-22(9-10)15-6-16(15,18)19/h2-3,5,8-9,14-15,20H,1,4,6-7H2. The molecule has 1 N–H and O–H groups in total. The first-order chi connectivity index (χ1) is 10.5. The molecule has 3 nitrogen and oxygen atoms in total. The van der Waals surface area contributed by atoms with Crippen LogP contribution in [0.1, 0.15) is 41.6 Å². The van der Waals surface area contributed by atoms with E-state index in [0.717, 1.165) is 29.5 Å². The Hall–Kier alpha value is -1.82. The second kappa shape index (κ2) is 4.84. The zero-order valence-electron chi connectivity index (χ0n) is 11.9. The molecular formula is C16H16F3N3. The normalized spacial score (nSPS) is 25.2. The van der Waals surface area contributed by atoms with Gasteiger partial charge in [0.1, 0.15) is 11.9 Å². The van der Waals surface area contributed by atoms with Gasteiger partial charge in [0.2, 0.25) is 0 Å². The Labute approximate surface area is 126 Å². The summed E-state index contributed by atoms with van der Waals surface area (Å²) in [5.74, 6) is -2.81. The molecule has 0 saturated heterocycles. The molecule has 2 aliphatic rings. The van der Waals surface area contributed by atoms with Gasteiger partial charge >= 0.3 is 0 Å². The van der Waals surface area contributed by atoms with Crippen LogP contribution in [-0.2, 0) is 13.0 Å². The summed E-state index contributed by atoms with van der Waals surface area (Å²) in [6.45, 7) is 0.569. The summed E-state index contributed by atoms with van der Waals surface area (Å²) in [7, 11) is 0. The molecule has 6 heteroatoms. The molecule has 0 spiro atoms. The number of hydrogen-bond acceptors (Lipinski definition) is 2. The Morgan fingerprint density at radius 3 is 2.95 bits per heavy atom. The topological polar surface area (TPSA) is 29.9 Å². The average molecular weight is 307 g/mol. The predicted molar refractivity (Wildman–Crippen MR) is 75.1 cm³/mol. The van der Waals surface area contributed by atoms with Crippen LogP contribution in [0.2, 0.25) is 0 Å². The van der Waals surface area contributed by atoms with Gasteiger partial charge in [-0.05, 0) is 36.1 Å². The van der Waals surface area contributed by atoms with Crippen molar-refractivity contribution in [3.63, 3.8) is 0 Å². The molecule has 4 rings (SSSR count). The van der Waals surface area contributed by atoms with E-state index < -0.39 is 12.0 Å². The maximum Gasteiger partial charge on any atom is 0.272 e. The molecule has 1 heterocycles. The van der Waals surface area contributed by atoms with Gasteiger partial charge < -0.3 is 5.32 Å². The van der Waals surface area contributed by atoms with Crippen LogP contribution in [0.3, 0.4) is 0 Å². The molecule has 1 aromatic heterocycles. The maximum atomic E-state index is 13.2. The summed E-state index contributed by atoms with van der Waals surface area (Å²) >= 11 is 0. The zero-order chi connectivity index (χ0) is 15.3. The van der Waals surface area contributed by atoms with Crippen LogP contribution in [0, 0.1) is 5.82 Å². The molecule has 2 aliphatic carbocycles. The number of halogens is 3. The molecule has 1 aromatic carbocycles. The number of alkyl halides is 2. The summed E-state index contributed by atoms with van der Waals surface area (Å²) in [4.78, 5) is 0. The second-order valence-electron chi connectivity index (χ2n) is 6.12. The highest BCUT2D eigenvalue weighted by molar-refractivity contribution is 5.35. The monoisotopic (exact) mass is 307 g/mol. The third-order valence-corrected chi connectivity index (χ3v) is 4.50. The lowest BCUT2D eigenvalue weighted by Gasteiger charge is -2.13. The molecule has 0 aliphatic heterocycles. The van der Waals surface area contributed by atoms with Crippen molar-refractivity contribution in [2.75, 3.05) is 0 Å². The minimum atomic E-state index is -2.61. The molecule has 0 amide bonds. The van der Waals surface area contributed by atoms with E-state index >= 15 is 0 Å². The summed E-state index contributed by atoms with van der Waals surface area (Å²) in [6.07, 6.45) is 4.97. The Morgan fingerprint density at radius 2 is 2.18 bits per heavy atom. The molecule has 22 heavy (non-hydrogen) atoms. The molecule has 2 atom stereocenters. The number of aromatic nitrogens is 2. The van der Waals surface area contributed by atoms with Crippen molar-refractivity contribution in [1.29, 1.82) is 0 Å². The number of nitrogens with one attached hydrogen (secondary N) is 1. The molecule has 1 saturated carbocycles. The molecule has 116 valence electrons. The van der Waals surface area contributed by atoms with Crippen LogP contribution >= 0.6 is 0 Å². The molecule has 2 aromatic rings. The summed E-state index contributed by atoms with van der Waals surface area (Å²) in [6, 6.07) is 4.29. The van der Waals surface area contributed by atoms with E-state index in [2.05, 4.69) is 10.4 Å². The van der Waals surface area contributed by atoms with Crippen molar-refractivity contribution in [2.45, 2.75) is 43.8 Å². The highest BCUT2D eigenvalue weighted by Crippen LogP contribution is 2.52. The second-order valence-corrected chi connectivity index (χ2v) is 6.12. The van der Waals surface area contributed by atoms with Gasteiger partial charge in [0, 0.05) is 30.8 Å². The third kappa shape index (κ3) is 2.41. The number of nitrogens with zero attached hydrogens (tertiary/aromatic N) is 2. The number of fused-ring (bicyclic) bond motifs is 1. The van der Waals surface area contributed by atoms with Gasteiger partial charge in [-0.25, -0.2) is 13.2 Å². The Kier molecular flexibility index (Phi) is 3.04. The van der Waals surface area contributed by atoms with E-state index in [1.54, 1.807) is 18.5 Å². The molecule has 1 fully saturated rings. The maximum absolute atomic E-state index is 13.2. The number of rotatable bonds is 4. The lowest BCUT2D eigenvalue weighted by atomic mass is 10.1. The van der Waals surface area contributed by atoms with Crippen molar-refractivity contribution in [3.8, 4) is 0 Å². The van der Waals surface area contributed by atoms with Gasteiger partial charge in [0.25, 0.3) is 5.92 Å². The highest BCUT2D eigenvalue weighted by atomic mass is 19.3. The summed E-state index contributed by atoms with van der Waals surface area (Å²) < 4.78 is 40.6. The van der Waals surface area contributed by atoms with Crippen LogP contribution in [0.25, 0.3) is 0 Å². The SMILES string of the molecule is Fc1ccc2c(c1)CCC2NCc1cnn(C2CC2(F)F)c1.